The summed E-state index contributed by atoms with van der Waals surface area (Å²) in [5.74, 6) is 0.922. The minimum absolute atomic E-state index is 0.0646. The van der Waals surface area contributed by atoms with E-state index in [1.807, 2.05) is 6.20 Å². The van der Waals surface area contributed by atoms with Crippen molar-refractivity contribution < 1.29 is 0 Å². The Morgan fingerprint density at radius 1 is 0.270 bits per heavy atom. The highest BCUT2D eigenvalue weighted by molar-refractivity contribution is 6.39. The molecule has 100 heavy (non-hydrogen) atoms. The Bertz CT molecular complexity index is 6980. The van der Waals surface area contributed by atoms with Crippen molar-refractivity contribution in [1.29, 1.82) is 0 Å². The smallest absolute Gasteiger partial charge is 0.138 e. The van der Waals surface area contributed by atoms with Crippen LogP contribution in [0.3, 0.4) is 0 Å². The molecule has 4 heterocycles. The molecule has 0 spiro atoms. The van der Waals surface area contributed by atoms with Gasteiger partial charge in [-0.3, -0.25) is 9.55 Å². The summed E-state index contributed by atoms with van der Waals surface area (Å²) in [5, 5.41) is 23.7. The Morgan fingerprint density at radius 2 is 0.720 bits per heavy atom. The van der Waals surface area contributed by atoms with Crippen LogP contribution in [0.2, 0.25) is 0 Å². The lowest BCUT2D eigenvalue weighted by Gasteiger charge is -2.23. The maximum atomic E-state index is 5.20. The molecular formula is C96H64N4. The van der Waals surface area contributed by atoms with Crippen LogP contribution in [0.4, 0.5) is 0 Å². The maximum Gasteiger partial charge on any atom is 0.138 e. The fourth-order valence-corrected chi connectivity index (χ4v) is 18.1. The number of fused-ring (bicyclic) bond motifs is 28. The molecule has 16 aromatic carbocycles. The number of pyridine rings is 2. The summed E-state index contributed by atoms with van der Waals surface area (Å²) in [6.45, 7) is 9.50. The molecule has 2 aliphatic rings. The highest BCUT2D eigenvalue weighted by Gasteiger charge is 2.37. The Morgan fingerprint density at radius 3 is 1.35 bits per heavy atom. The van der Waals surface area contributed by atoms with Gasteiger partial charge in [0.2, 0.25) is 0 Å². The number of benzene rings is 16. The van der Waals surface area contributed by atoms with E-state index in [1.54, 1.807) is 0 Å². The number of aromatic nitrogens is 4. The lowest BCUT2D eigenvalue weighted by atomic mass is 9.81. The summed E-state index contributed by atoms with van der Waals surface area (Å²) >= 11 is 0. The molecule has 0 amide bonds. The minimum atomic E-state index is -0.0857. The average molecular weight is 1270 g/mol. The third-order valence-electron chi connectivity index (χ3n) is 22.7. The van der Waals surface area contributed by atoms with E-state index in [-0.39, 0.29) is 10.8 Å². The molecule has 4 aromatic heterocycles. The number of rotatable bonds is 4. The summed E-state index contributed by atoms with van der Waals surface area (Å²) in [6.07, 6.45) is 2.00. The van der Waals surface area contributed by atoms with Gasteiger partial charge in [-0.2, -0.15) is 0 Å². The van der Waals surface area contributed by atoms with Crippen molar-refractivity contribution in [3.05, 3.63) is 338 Å². The van der Waals surface area contributed by atoms with Crippen molar-refractivity contribution in [2.24, 2.45) is 0 Å². The van der Waals surface area contributed by atoms with Crippen LogP contribution in [0.25, 0.3) is 186 Å². The normalized spacial score (nSPS) is 13.6. The number of hydrogen-bond donors (Lipinski definition) is 0. The maximum absolute atomic E-state index is 5.20. The predicted octanol–water partition coefficient (Wildman–Crippen LogP) is 25.5. The molecule has 468 valence electrons. The standard InChI is InChI=1S/C54H39N.C42H25N3/c1-53(2)45-22-12-9-17-36(45)38-27-25-32(29-47(38)53)43-31-44-35-16-6-8-20-41(35)52-51(50(44)40-19-7-5-15-34(40)43)42-21-11-14-24-49(42)55(52)33-26-28-39-37-18-10-13-23-46(37)54(3,4)48(39)30-33;1-2-13-28-25-43-37(23-27(28)12-1)34-24-35-30-15-5-7-17-32(30)42-41(40(35)31-16-6-4-14-29(31)34)33-18-8-10-20-38(33)45(42)39-22-21-26-11-3-9-19-36(26)44-39/h5-31H,1-4H3;1-25H. The average Bonchev–Trinajstić information content (AvgIpc) is 1.47. The summed E-state index contributed by atoms with van der Waals surface area (Å²) in [4.78, 5) is 10.2. The Labute approximate surface area is 577 Å². The van der Waals surface area contributed by atoms with E-state index in [2.05, 4.69) is 346 Å². The van der Waals surface area contributed by atoms with Gasteiger partial charge >= 0.3 is 0 Å². The molecule has 0 saturated heterocycles. The van der Waals surface area contributed by atoms with Crippen LogP contribution >= 0.6 is 0 Å². The van der Waals surface area contributed by atoms with Crippen LogP contribution in [-0.4, -0.2) is 19.1 Å². The number of nitrogens with zero attached hydrogens (tertiary/aromatic N) is 4. The molecular weight excluding hydrogens is 1210 g/mol. The second-order valence-corrected chi connectivity index (χ2v) is 28.6. The van der Waals surface area contributed by atoms with Gasteiger partial charge in [0.1, 0.15) is 5.82 Å². The molecule has 0 aliphatic heterocycles. The third-order valence-corrected chi connectivity index (χ3v) is 22.7. The molecule has 0 bridgehead atoms. The molecule has 0 unspecified atom stereocenters. The first-order valence-corrected chi connectivity index (χ1v) is 35.0. The van der Waals surface area contributed by atoms with Crippen molar-refractivity contribution in [2.75, 3.05) is 0 Å². The van der Waals surface area contributed by atoms with Gasteiger partial charge in [0.25, 0.3) is 0 Å². The van der Waals surface area contributed by atoms with Crippen LogP contribution in [0.1, 0.15) is 49.9 Å². The van der Waals surface area contributed by atoms with Crippen molar-refractivity contribution in [2.45, 2.75) is 38.5 Å². The van der Waals surface area contributed by atoms with E-state index in [9.17, 15) is 0 Å². The third kappa shape index (κ3) is 7.93. The van der Waals surface area contributed by atoms with Gasteiger partial charge in [0.15, 0.2) is 0 Å². The molecule has 0 radical (unpaired) electrons. The molecule has 0 N–H and O–H groups in total. The Kier molecular flexibility index (Phi) is 11.9. The fourth-order valence-electron chi connectivity index (χ4n) is 18.1. The molecule has 4 heteroatoms. The van der Waals surface area contributed by atoms with Crippen molar-refractivity contribution in [3.8, 4) is 56.1 Å². The van der Waals surface area contributed by atoms with Crippen LogP contribution in [-0.2, 0) is 10.8 Å². The van der Waals surface area contributed by atoms with E-state index < -0.39 is 0 Å². The molecule has 20 aromatic rings. The van der Waals surface area contributed by atoms with Gasteiger partial charge in [0, 0.05) is 82.1 Å². The molecule has 4 nitrogen and oxygen atoms in total. The monoisotopic (exact) mass is 1270 g/mol. The first kappa shape index (κ1) is 56.7. The zero-order valence-corrected chi connectivity index (χ0v) is 55.8. The topological polar surface area (TPSA) is 35.6 Å². The lowest BCUT2D eigenvalue weighted by molar-refractivity contribution is 0.660. The van der Waals surface area contributed by atoms with Gasteiger partial charge < -0.3 is 4.57 Å². The predicted molar refractivity (Wildman–Crippen MR) is 423 cm³/mol. The molecule has 0 saturated carbocycles. The summed E-state index contributed by atoms with van der Waals surface area (Å²) < 4.78 is 4.92. The molecule has 2 aliphatic carbocycles. The van der Waals surface area contributed by atoms with E-state index in [4.69, 9.17) is 9.97 Å². The zero-order chi connectivity index (χ0) is 66.3. The van der Waals surface area contributed by atoms with E-state index in [0.29, 0.717) is 0 Å². The molecule has 0 fully saturated rings. The second-order valence-electron chi connectivity index (χ2n) is 28.6. The van der Waals surface area contributed by atoms with Gasteiger partial charge in [-0.05, 0) is 171 Å². The second kappa shape index (κ2) is 21.0. The first-order valence-electron chi connectivity index (χ1n) is 35.0. The molecule has 22 rings (SSSR count). The van der Waals surface area contributed by atoms with Crippen LogP contribution in [0.5, 0.6) is 0 Å². The Balaban J connectivity index is 0.000000134. The number of para-hydroxylation sites is 3. The van der Waals surface area contributed by atoms with Gasteiger partial charge in [-0.25, -0.2) is 4.98 Å². The molecule has 0 atom stereocenters. The summed E-state index contributed by atoms with van der Waals surface area (Å²) in [6, 6.07) is 114. The lowest BCUT2D eigenvalue weighted by Crippen LogP contribution is -2.15. The van der Waals surface area contributed by atoms with Crippen LogP contribution in [0.15, 0.2) is 316 Å². The Hall–Kier alpha value is -12.5. The van der Waals surface area contributed by atoms with Gasteiger partial charge in [0.05, 0.1) is 33.3 Å². The summed E-state index contributed by atoms with van der Waals surface area (Å²) in [5.41, 5.74) is 22.6. The van der Waals surface area contributed by atoms with Crippen molar-refractivity contribution >= 4 is 130 Å². The van der Waals surface area contributed by atoms with Gasteiger partial charge in [-0.15, -0.1) is 0 Å². The van der Waals surface area contributed by atoms with Crippen LogP contribution in [0, 0.1) is 0 Å². The SMILES string of the molecule is CC1(C)c2ccccc2-c2ccc(-c3cc4c5ccccc5c5c(c6ccccc6n5-c5ccc6c(c5)C(C)(C)c5ccccc5-6)c4c4ccccc34)cc21.c1ccc2cc(-c3cc4c5ccccc5c5c(c6ccccc6n5-c5ccc6ccccc6n5)c4c4ccccc34)ncc2c1. The zero-order valence-electron chi connectivity index (χ0n) is 55.8. The highest BCUT2D eigenvalue weighted by Crippen LogP contribution is 2.54. The quantitative estimate of drug-likeness (QED) is 0.165. The number of hydrogen-bond acceptors (Lipinski definition) is 2. The van der Waals surface area contributed by atoms with E-state index in [1.165, 1.54) is 169 Å². The summed E-state index contributed by atoms with van der Waals surface area (Å²) in [7, 11) is 0. The fraction of sp³-hybridized carbons (Fsp3) is 0.0625. The largest absolute Gasteiger partial charge is 0.309 e. The van der Waals surface area contributed by atoms with Crippen molar-refractivity contribution in [3.63, 3.8) is 0 Å². The van der Waals surface area contributed by atoms with E-state index in [0.717, 1.165) is 38.9 Å². The highest BCUT2D eigenvalue weighted by atomic mass is 15.1. The van der Waals surface area contributed by atoms with Crippen LogP contribution < -0.4 is 0 Å². The first-order chi connectivity index (χ1) is 49.2. The van der Waals surface area contributed by atoms with E-state index >= 15 is 0 Å². The minimum Gasteiger partial charge on any atom is -0.309 e. The van der Waals surface area contributed by atoms with Gasteiger partial charge in [-0.1, -0.05) is 270 Å². The van der Waals surface area contributed by atoms with Crippen molar-refractivity contribution in [1.82, 2.24) is 19.1 Å².